The van der Waals surface area contributed by atoms with Crippen LogP contribution < -0.4 is 15.1 Å². The first-order valence-corrected chi connectivity index (χ1v) is 11.6. The normalized spacial score (nSPS) is 11.4. The van der Waals surface area contributed by atoms with E-state index in [1.165, 1.54) is 17.1 Å². The van der Waals surface area contributed by atoms with Crippen LogP contribution in [0.4, 0.5) is 5.69 Å². The van der Waals surface area contributed by atoms with E-state index in [1.54, 1.807) is 12.1 Å². The number of aliphatic carboxylic acids is 1. The number of para-hydroxylation sites is 1. The Labute approximate surface area is 161 Å². The predicted octanol–water partition coefficient (Wildman–Crippen LogP) is 1.51. The van der Waals surface area contributed by atoms with Crippen LogP contribution in [0, 0.1) is 0 Å². The fourth-order valence-corrected chi connectivity index (χ4v) is 6.24. The number of hydrogen-bond donors (Lipinski definition) is 3. The number of carbonyl (C=O) groups is 3. The molecule has 2 aromatic carbocycles. The van der Waals surface area contributed by atoms with Gasteiger partial charge in [0, 0.05) is 0 Å². The van der Waals surface area contributed by atoms with E-state index >= 15 is 0 Å². The van der Waals surface area contributed by atoms with Gasteiger partial charge in [-0.05, 0) is 0 Å². The Balaban J connectivity index is 2.01. The molecule has 26 heavy (non-hydrogen) atoms. The van der Waals surface area contributed by atoms with Crippen molar-refractivity contribution in [1.29, 1.82) is 0 Å². The van der Waals surface area contributed by atoms with Gasteiger partial charge in [0.1, 0.15) is 0 Å². The Morgan fingerprint density at radius 2 is 1.73 bits per heavy atom. The van der Waals surface area contributed by atoms with Crippen molar-refractivity contribution < 1.29 is 19.5 Å². The van der Waals surface area contributed by atoms with E-state index in [2.05, 4.69) is 10.6 Å². The summed E-state index contributed by atoms with van der Waals surface area (Å²) in [7, 11) is 1.41. The van der Waals surface area contributed by atoms with E-state index in [0.29, 0.717) is 11.3 Å². The van der Waals surface area contributed by atoms with Gasteiger partial charge in [0.2, 0.25) is 0 Å². The Morgan fingerprint density at radius 1 is 1.08 bits per heavy atom. The van der Waals surface area contributed by atoms with Crippen LogP contribution >= 0.6 is 10.2 Å². The van der Waals surface area contributed by atoms with E-state index in [0.717, 1.165) is 4.46 Å². The molecule has 3 N–H and O–H groups in total. The summed E-state index contributed by atoms with van der Waals surface area (Å²) >= 11 is -0.170. The first kappa shape index (κ1) is 20.0. The maximum absolute atomic E-state index is 12.5. The number of benzene rings is 2. The van der Waals surface area contributed by atoms with Crippen LogP contribution in [0.3, 0.4) is 0 Å². The van der Waals surface area contributed by atoms with E-state index in [-0.39, 0.29) is 31.4 Å². The SMILES string of the molecule is CC(=O)N[C@@H](CS[Se]c1ccccc1C(=O)Nc1ccccc1)C(=O)O. The third-order valence-corrected chi connectivity index (χ3v) is 7.46. The average Bonchev–Trinajstić information content (AvgIpc) is 2.61. The predicted molar refractivity (Wildman–Crippen MR) is 104 cm³/mol. The van der Waals surface area contributed by atoms with E-state index < -0.39 is 12.0 Å². The monoisotopic (exact) mass is 438 g/mol. The molecule has 6 nitrogen and oxygen atoms in total. The third kappa shape index (κ3) is 6.22. The fraction of sp³-hybridized carbons (Fsp3) is 0.167. The van der Waals surface area contributed by atoms with Crippen molar-refractivity contribution >= 4 is 51.9 Å². The van der Waals surface area contributed by atoms with Gasteiger partial charge in [-0.1, -0.05) is 0 Å². The fourth-order valence-electron chi connectivity index (χ4n) is 2.03. The van der Waals surface area contributed by atoms with Crippen molar-refractivity contribution in [2.75, 3.05) is 11.1 Å². The van der Waals surface area contributed by atoms with Gasteiger partial charge in [-0.2, -0.15) is 0 Å². The summed E-state index contributed by atoms with van der Waals surface area (Å²) in [5.74, 6) is -1.42. The van der Waals surface area contributed by atoms with Gasteiger partial charge >= 0.3 is 161 Å². The molecule has 2 amide bonds. The number of carboxylic acid groups (broad SMARTS) is 1. The molecule has 0 spiro atoms. The minimum atomic E-state index is -1.07. The van der Waals surface area contributed by atoms with E-state index in [9.17, 15) is 14.4 Å². The summed E-state index contributed by atoms with van der Waals surface area (Å²) in [6, 6.07) is 15.5. The molecule has 0 heterocycles. The molecule has 1 atom stereocenters. The Morgan fingerprint density at radius 3 is 2.38 bits per heavy atom. The molecular weight excluding hydrogens is 419 g/mol. The molecule has 0 saturated heterocycles. The molecule has 0 radical (unpaired) electrons. The molecule has 136 valence electrons. The van der Waals surface area contributed by atoms with Crippen LogP contribution in [0.15, 0.2) is 54.6 Å². The number of amides is 2. The summed E-state index contributed by atoms with van der Waals surface area (Å²) in [4.78, 5) is 34.8. The molecule has 0 unspecified atom stereocenters. The van der Waals surface area contributed by atoms with Crippen molar-refractivity contribution in [3.63, 3.8) is 0 Å². The zero-order valence-corrected chi connectivity index (χ0v) is 16.5. The second-order valence-corrected chi connectivity index (χ2v) is 9.47. The van der Waals surface area contributed by atoms with Crippen molar-refractivity contribution in [1.82, 2.24) is 5.32 Å². The first-order valence-electron chi connectivity index (χ1n) is 7.72. The molecule has 8 heteroatoms. The van der Waals surface area contributed by atoms with Crippen LogP contribution in [0.5, 0.6) is 0 Å². The average molecular weight is 437 g/mol. The quantitative estimate of drug-likeness (QED) is 0.545. The van der Waals surface area contributed by atoms with Gasteiger partial charge in [0.05, 0.1) is 0 Å². The minimum absolute atomic E-state index is 0.170. The van der Waals surface area contributed by atoms with E-state index in [1.807, 2.05) is 42.5 Å². The summed E-state index contributed by atoms with van der Waals surface area (Å²) in [6.45, 7) is 1.29. The summed E-state index contributed by atoms with van der Waals surface area (Å²) < 4.78 is 0.866. The molecule has 0 bridgehead atoms. The summed E-state index contributed by atoms with van der Waals surface area (Å²) in [5, 5.41) is 14.4. The van der Waals surface area contributed by atoms with Crippen molar-refractivity contribution in [2.45, 2.75) is 13.0 Å². The van der Waals surface area contributed by atoms with Crippen LogP contribution in [0.1, 0.15) is 17.3 Å². The van der Waals surface area contributed by atoms with Crippen molar-refractivity contribution in [2.24, 2.45) is 0 Å². The zero-order chi connectivity index (χ0) is 18.9. The standard InChI is InChI=1S/C18H18N2O4SSe/c1-12(21)19-15(18(23)24)11-25-26-16-10-6-5-9-14(16)17(22)20-13-7-3-2-4-8-13/h2-10,15H,11H2,1H3,(H,19,21)(H,20,22)(H,23,24)/t15-/m0/s1. The number of rotatable bonds is 8. The van der Waals surface area contributed by atoms with Gasteiger partial charge in [-0.25, -0.2) is 0 Å². The molecule has 0 aliphatic carbocycles. The van der Waals surface area contributed by atoms with Gasteiger partial charge in [-0.15, -0.1) is 0 Å². The molecule has 0 aliphatic heterocycles. The van der Waals surface area contributed by atoms with Crippen molar-refractivity contribution in [3.8, 4) is 0 Å². The third-order valence-electron chi connectivity index (χ3n) is 3.22. The second kappa shape index (κ2) is 10.0. The number of anilines is 1. The second-order valence-electron chi connectivity index (χ2n) is 5.28. The number of hydrogen-bond acceptors (Lipinski definition) is 4. The molecule has 0 saturated carbocycles. The van der Waals surface area contributed by atoms with E-state index in [4.69, 9.17) is 5.11 Å². The Bertz CT molecular complexity index is 786. The van der Waals surface area contributed by atoms with Gasteiger partial charge in [-0.3, -0.25) is 0 Å². The maximum atomic E-state index is 12.5. The summed E-state index contributed by atoms with van der Waals surface area (Å²) in [6.07, 6.45) is 0. The topological polar surface area (TPSA) is 95.5 Å². The van der Waals surface area contributed by atoms with Gasteiger partial charge < -0.3 is 0 Å². The molecule has 2 rings (SSSR count). The number of carbonyl (C=O) groups excluding carboxylic acids is 2. The van der Waals surface area contributed by atoms with Crippen molar-refractivity contribution in [3.05, 3.63) is 60.2 Å². The van der Waals surface area contributed by atoms with Crippen LogP contribution in [-0.4, -0.2) is 48.5 Å². The Hall–Kier alpha value is -2.28. The number of nitrogens with one attached hydrogen (secondary N) is 2. The molecule has 0 aromatic heterocycles. The van der Waals surface area contributed by atoms with Crippen LogP contribution in [0.25, 0.3) is 0 Å². The Kier molecular flexibility index (Phi) is 7.71. The zero-order valence-electron chi connectivity index (χ0n) is 14.0. The first-order chi connectivity index (χ1) is 12.5. The van der Waals surface area contributed by atoms with Gasteiger partial charge in [0.15, 0.2) is 0 Å². The molecular formula is C18H18N2O4SSe. The van der Waals surface area contributed by atoms with Gasteiger partial charge in [0.25, 0.3) is 0 Å². The molecule has 0 aliphatic rings. The summed E-state index contributed by atoms with van der Waals surface area (Å²) in [5.41, 5.74) is 1.28. The number of carboxylic acids is 1. The molecule has 0 fully saturated rings. The van der Waals surface area contributed by atoms with Crippen LogP contribution in [-0.2, 0) is 9.59 Å². The van der Waals surface area contributed by atoms with Crippen LogP contribution in [0.2, 0.25) is 0 Å². The molecule has 2 aromatic rings.